The molecule has 0 bridgehead atoms. The Hall–Kier alpha value is -1.29. The Bertz CT molecular complexity index is 308. The van der Waals surface area contributed by atoms with Crippen molar-refractivity contribution in [3.05, 3.63) is 24.2 Å². The number of rotatable bonds is 2. The predicted molar refractivity (Wildman–Crippen MR) is 56.2 cm³/mol. The van der Waals surface area contributed by atoms with Gasteiger partial charge in [0.2, 0.25) is 5.91 Å². The molecule has 0 aromatic carbocycles. The van der Waals surface area contributed by atoms with Gasteiger partial charge in [-0.15, -0.1) is 0 Å². The zero-order valence-electron chi connectivity index (χ0n) is 8.74. The van der Waals surface area contributed by atoms with Crippen LogP contribution in [-0.2, 0) is 11.3 Å². The average Bonchev–Trinajstić information content (AvgIpc) is 2.70. The standard InChI is InChI=1S/C11H16N2O2/c14-11-8-12-5-1-2-6-13(11)9-10-4-3-7-15-10/h3-4,7,12H,1-2,5-6,8-9H2. The first-order chi connectivity index (χ1) is 7.36. The molecule has 4 nitrogen and oxygen atoms in total. The van der Waals surface area contributed by atoms with Crippen LogP contribution in [0.25, 0.3) is 0 Å². The largest absolute Gasteiger partial charge is 0.467 e. The third-order valence-electron chi connectivity index (χ3n) is 2.59. The highest BCUT2D eigenvalue weighted by molar-refractivity contribution is 5.78. The van der Waals surface area contributed by atoms with Crippen molar-refractivity contribution in [3.8, 4) is 0 Å². The third-order valence-corrected chi connectivity index (χ3v) is 2.59. The topological polar surface area (TPSA) is 45.5 Å². The molecule has 0 saturated carbocycles. The average molecular weight is 208 g/mol. The number of furan rings is 1. The second-order valence-electron chi connectivity index (χ2n) is 3.78. The van der Waals surface area contributed by atoms with E-state index in [9.17, 15) is 4.79 Å². The minimum Gasteiger partial charge on any atom is -0.467 e. The van der Waals surface area contributed by atoms with Gasteiger partial charge < -0.3 is 14.6 Å². The molecule has 1 saturated heterocycles. The van der Waals surface area contributed by atoms with Gasteiger partial charge in [-0.1, -0.05) is 0 Å². The fraction of sp³-hybridized carbons (Fsp3) is 0.545. The van der Waals surface area contributed by atoms with Crippen molar-refractivity contribution >= 4 is 5.91 Å². The van der Waals surface area contributed by atoms with Gasteiger partial charge in [0.25, 0.3) is 0 Å². The van der Waals surface area contributed by atoms with Crippen LogP contribution in [0.1, 0.15) is 18.6 Å². The van der Waals surface area contributed by atoms with Crippen LogP contribution in [0.3, 0.4) is 0 Å². The van der Waals surface area contributed by atoms with Gasteiger partial charge in [0.05, 0.1) is 19.4 Å². The van der Waals surface area contributed by atoms with E-state index in [0.29, 0.717) is 13.1 Å². The summed E-state index contributed by atoms with van der Waals surface area (Å²) in [6.45, 7) is 2.82. The van der Waals surface area contributed by atoms with Gasteiger partial charge in [-0.05, 0) is 31.5 Å². The van der Waals surface area contributed by atoms with E-state index in [-0.39, 0.29) is 5.91 Å². The summed E-state index contributed by atoms with van der Waals surface area (Å²) in [5.41, 5.74) is 0. The van der Waals surface area contributed by atoms with E-state index in [1.807, 2.05) is 17.0 Å². The highest BCUT2D eigenvalue weighted by Crippen LogP contribution is 2.08. The minimum atomic E-state index is 0.158. The highest BCUT2D eigenvalue weighted by atomic mass is 16.3. The van der Waals surface area contributed by atoms with Crippen molar-refractivity contribution in [2.24, 2.45) is 0 Å². The molecule has 1 aromatic rings. The van der Waals surface area contributed by atoms with Gasteiger partial charge >= 0.3 is 0 Å². The van der Waals surface area contributed by atoms with E-state index >= 15 is 0 Å². The maximum absolute atomic E-state index is 11.7. The molecule has 15 heavy (non-hydrogen) atoms. The van der Waals surface area contributed by atoms with Crippen molar-refractivity contribution < 1.29 is 9.21 Å². The summed E-state index contributed by atoms with van der Waals surface area (Å²) in [6, 6.07) is 3.75. The Balaban J connectivity index is 1.95. The van der Waals surface area contributed by atoms with E-state index in [1.165, 1.54) is 0 Å². The summed E-state index contributed by atoms with van der Waals surface area (Å²) in [6.07, 6.45) is 3.82. The van der Waals surface area contributed by atoms with Crippen molar-refractivity contribution in [2.75, 3.05) is 19.6 Å². The van der Waals surface area contributed by atoms with E-state index in [2.05, 4.69) is 5.32 Å². The van der Waals surface area contributed by atoms with E-state index in [1.54, 1.807) is 6.26 Å². The predicted octanol–water partition coefficient (Wildman–Crippen LogP) is 0.992. The van der Waals surface area contributed by atoms with Crippen LogP contribution in [0.15, 0.2) is 22.8 Å². The summed E-state index contributed by atoms with van der Waals surface area (Å²) in [7, 11) is 0. The van der Waals surface area contributed by atoms with Crippen LogP contribution in [0.2, 0.25) is 0 Å². The molecule has 0 atom stereocenters. The highest BCUT2D eigenvalue weighted by Gasteiger charge is 2.16. The van der Waals surface area contributed by atoms with Crippen LogP contribution in [0.5, 0.6) is 0 Å². The van der Waals surface area contributed by atoms with Gasteiger partial charge in [-0.2, -0.15) is 0 Å². The zero-order chi connectivity index (χ0) is 10.5. The van der Waals surface area contributed by atoms with Crippen molar-refractivity contribution in [1.82, 2.24) is 10.2 Å². The van der Waals surface area contributed by atoms with Crippen LogP contribution < -0.4 is 5.32 Å². The maximum Gasteiger partial charge on any atom is 0.236 e. The van der Waals surface area contributed by atoms with Crippen molar-refractivity contribution in [1.29, 1.82) is 0 Å². The summed E-state index contributed by atoms with van der Waals surface area (Å²) in [5.74, 6) is 1.01. The SMILES string of the molecule is O=C1CNCCCCN1Cc1ccco1. The van der Waals surface area contributed by atoms with Crippen molar-refractivity contribution in [3.63, 3.8) is 0 Å². The van der Waals surface area contributed by atoms with Crippen LogP contribution >= 0.6 is 0 Å². The molecule has 1 aliphatic heterocycles. The molecule has 0 aliphatic carbocycles. The van der Waals surface area contributed by atoms with Gasteiger partial charge in [0, 0.05) is 6.54 Å². The number of amides is 1. The lowest BCUT2D eigenvalue weighted by Gasteiger charge is -2.24. The molecular formula is C11H16N2O2. The molecule has 0 unspecified atom stereocenters. The Morgan fingerprint density at radius 1 is 1.47 bits per heavy atom. The zero-order valence-corrected chi connectivity index (χ0v) is 8.74. The molecule has 1 aromatic heterocycles. The lowest BCUT2D eigenvalue weighted by molar-refractivity contribution is -0.131. The Morgan fingerprint density at radius 2 is 2.40 bits per heavy atom. The number of nitrogens with one attached hydrogen (secondary N) is 1. The normalized spacial score (nSPS) is 18.7. The molecule has 1 amide bonds. The molecule has 2 rings (SSSR count). The quantitative estimate of drug-likeness (QED) is 0.788. The molecular weight excluding hydrogens is 192 g/mol. The van der Waals surface area contributed by atoms with Gasteiger partial charge in [-0.3, -0.25) is 4.79 Å². The number of carbonyl (C=O) groups is 1. The van der Waals surface area contributed by atoms with Crippen LogP contribution in [-0.4, -0.2) is 30.4 Å². The molecule has 1 fully saturated rings. The van der Waals surface area contributed by atoms with Gasteiger partial charge in [-0.25, -0.2) is 0 Å². The number of hydrogen-bond acceptors (Lipinski definition) is 3. The first-order valence-corrected chi connectivity index (χ1v) is 5.37. The second-order valence-corrected chi connectivity index (χ2v) is 3.78. The maximum atomic E-state index is 11.7. The molecule has 2 heterocycles. The summed E-state index contributed by atoms with van der Waals surface area (Å²) in [5, 5.41) is 3.12. The lowest BCUT2D eigenvalue weighted by atomic mass is 10.2. The minimum absolute atomic E-state index is 0.158. The Kier molecular flexibility index (Phi) is 3.40. The summed E-state index contributed by atoms with van der Waals surface area (Å²) < 4.78 is 5.24. The first-order valence-electron chi connectivity index (χ1n) is 5.37. The van der Waals surface area contributed by atoms with Gasteiger partial charge in [0.1, 0.15) is 5.76 Å². The monoisotopic (exact) mass is 208 g/mol. The molecule has 82 valence electrons. The summed E-state index contributed by atoms with van der Waals surface area (Å²) in [4.78, 5) is 13.6. The fourth-order valence-corrected chi connectivity index (χ4v) is 1.74. The Morgan fingerprint density at radius 3 is 3.20 bits per heavy atom. The second kappa shape index (κ2) is 4.98. The third kappa shape index (κ3) is 2.83. The molecule has 4 heteroatoms. The number of carbonyl (C=O) groups excluding carboxylic acids is 1. The number of nitrogens with zero attached hydrogens (tertiary/aromatic N) is 1. The molecule has 1 aliphatic rings. The van der Waals surface area contributed by atoms with Gasteiger partial charge in [0.15, 0.2) is 0 Å². The van der Waals surface area contributed by atoms with E-state index < -0.39 is 0 Å². The van der Waals surface area contributed by atoms with Crippen LogP contribution in [0, 0.1) is 0 Å². The molecule has 0 spiro atoms. The van der Waals surface area contributed by atoms with E-state index in [0.717, 1.165) is 31.7 Å². The van der Waals surface area contributed by atoms with Crippen LogP contribution in [0.4, 0.5) is 0 Å². The summed E-state index contributed by atoms with van der Waals surface area (Å²) >= 11 is 0. The van der Waals surface area contributed by atoms with E-state index in [4.69, 9.17) is 4.42 Å². The smallest absolute Gasteiger partial charge is 0.236 e. The molecule has 0 radical (unpaired) electrons. The fourth-order valence-electron chi connectivity index (χ4n) is 1.74. The first kappa shape index (κ1) is 10.2. The Labute approximate surface area is 89.2 Å². The number of hydrogen-bond donors (Lipinski definition) is 1. The van der Waals surface area contributed by atoms with Crippen molar-refractivity contribution in [2.45, 2.75) is 19.4 Å². The molecule has 1 N–H and O–H groups in total. The lowest BCUT2D eigenvalue weighted by Crippen LogP contribution is -2.40.